The minimum atomic E-state index is -0.744. The average molecular weight is 558 g/mol. The van der Waals surface area contributed by atoms with Gasteiger partial charge in [-0.05, 0) is 69.9 Å². The summed E-state index contributed by atoms with van der Waals surface area (Å²) >= 11 is 1.66. The fourth-order valence-corrected chi connectivity index (χ4v) is 10.1. The fourth-order valence-electron chi connectivity index (χ4n) is 7.79. The van der Waals surface area contributed by atoms with Gasteiger partial charge in [-0.1, -0.05) is 52.8 Å². The smallest absolute Gasteiger partial charge is 0.244 e. The Morgan fingerprint density at radius 2 is 1.74 bits per heavy atom. The topological polar surface area (TPSA) is 98.7 Å². The van der Waals surface area contributed by atoms with E-state index in [-0.39, 0.29) is 35.7 Å². The molecule has 0 saturated carbocycles. The molecule has 3 amide bonds. The number of thioether (sulfide) groups is 1. The number of rotatable bonds is 9. The monoisotopic (exact) mass is 557 g/mol. The molecule has 3 saturated heterocycles. The van der Waals surface area contributed by atoms with Crippen molar-refractivity contribution in [2.24, 2.45) is 23.2 Å². The molecule has 7 nitrogen and oxygen atoms in total. The first-order chi connectivity index (χ1) is 18.0. The highest BCUT2D eigenvalue weighted by atomic mass is 32.2. The predicted octanol–water partition coefficient (Wildman–Crippen LogP) is 4.84. The summed E-state index contributed by atoms with van der Waals surface area (Å²) in [4.78, 5) is 44.2. The van der Waals surface area contributed by atoms with Gasteiger partial charge in [0.15, 0.2) is 0 Å². The quantitative estimate of drug-likeness (QED) is 0.403. The van der Waals surface area contributed by atoms with Crippen LogP contribution in [0.5, 0.6) is 0 Å². The van der Waals surface area contributed by atoms with Crippen LogP contribution in [0.4, 0.5) is 5.69 Å². The Labute approximate surface area is 238 Å². The van der Waals surface area contributed by atoms with Crippen molar-refractivity contribution in [3.63, 3.8) is 0 Å². The van der Waals surface area contributed by atoms with E-state index in [0.717, 1.165) is 12.8 Å². The zero-order chi connectivity index (χ0) is 29.0. The molecule has 0 aliphatic carbocycles. The van der Waals surface area contributed by atoms with Crippen molar-refractivity contribution >= 4 is 35.2 Å². The summed E-state index contributed by atoms with van der Waals surface area (Å²) in [6, 6.07) is 8.10. The van der Waals surface area contributed by atoms with Gasteiger partial charge in [0.25, 0.3) is 0 Å². The van der Waals surface area contributed by atoms with Crippen LogP contribution in [-0.4, -0.2) is 61.5 Å². The summed E-state index contributed by atoms with van der Waals surface area (Å²) in [5, 5.41) is 16.8. The predicted molar refractivity (Wildman–Crippen MR) is 157 cm³/mol. The molecule has 2 unspecified atom stereocenters. The van der Waals surface area contributed by atoms with Crippen LogP contribution in [0.3, 0.4) is 0 Å². The molecule has 3 aliphatic heterocycles. The molecule has 1 aromatic carbocycles. The van der Waals surface area contributed by atoms with Crippen LogP contribution in [0, 0.1) is 23.2 Å². The molecular weight excluding hydrogens is 510 g/mol. The van der Waals surface area contributed by atoms with E-state index in [1.54, 1.807) is 16.7 Å². The maximum absolute atomic E-state index is 14.4. The van der Waals surface area contributed by atoms with Gasteiger partial charge in [0.05, 0.1) is 29.2 Å². The Morgan fingerprint density at radius 1 is 1.10 bits per heavy atom. The van der Waals surface area contributed by atoms with Crippen LogP contribution in [-0.2, 0) is 14.4 Å². The van der Waals surface area contributed by atoms with Gasteiger partial charge in [-0.15, -0.1) is 11.8 Å². The average Bonchev–Trinajstić information content (AvgIpc) is 3.36. The third-order valence-electron chi connectivity index (χ3n) is 8.57. The van der Waals surface area contributed by atoms with Crippen molar-refractivity contribution in [1.29, 1.82) is 0 Å². The number of likely N-dealkylation sites (tertiary alicyclic amines) is 1. The van der Waals surface area contributed by atoms with E-state index in [2.05, 4.69) is 52.2 Å². The largest absolute Gasteiger partial charge is 0.394 e. The molecule has 6 atom stereocenters. The van der Waals surface area contributed by atoms with Crippen molar-refractivity contribution in [1.82, 2.24) is 10.2 Å². The number of anilines is 1. The molecule has 39 heavy (non-hydrogen) atoms. The maximum atomic E-state index is 14.4. The lowest BCUT2D eigenvalue weighted by molar-refractivity contribution is -0.143. The van der Waals surface area contributed by atoms with E-state index in [0.29, 0.717) is 18.5 Å². The highest BCUT2D eigenvalue weighted by molar-refractivity contribution is 8.02. The molecular formula is C31H47N3O4S. The maximum Gasteiger partial charge on any atom is 0.244 e. The molecule has 3 aliphatic rings. The zero-order valence-electron chi connectivity index (χ0n) is 24.8. The molecule has 8 heteroatoms. The molecule has 3 heterocycles. The molecule has 4 rings (SSSR count). The number of hydrogen-bond donors (Lipinski definition) is 3. The van der Waals surface area contributed by atoms with Crippen molar-refractivity contribution in [2.75, 3.05) is 11.9 Å². The summed E-state index contributed by atoms with van der Waals surface area (Å²) in [6.45, 7) is 16.5. The second kappa shape index (κ2) is 10.4. The van der Waals surface area contributed by atoms with Gasteiger partial charge in [0.2, 0.25) is 17.7 Å². The number of amides is 3. The Kier molecular flexibility index (Phi) is 7.98. The summed E-state index contributed by atoms with van der Waals surface area (Å²) in [6.07, 6.45) is 2.80. The van der Waals surface area contributed by atoms with Gasteiger partial charge in [-0.2, -0.15) is 0 Å². The highest BCUT2D eigenvalue weighted by Crippen LogP contribution is 2.71. The second-order valence-electron chi connectivity index (χ2n) is 14.4. The van der Waals surface area contributed by atoms with Crippen molar-refractivity contribution in [3.05, 3.63) is 30.3 Å². The number of aliphatic hydroxyl groups excluding tert-OH is 1. The number of hydrogen-bond acceptors (Lipinski definition) is 5. The minimum absolute atomic E-state index is 0.00270. The molecule has 2 bridgehead atoms. The van der Waals surface area contributed by atoms with Crippen LogP contribution < -0.4 is 10.6 Å². The van der Waals surface area contributed by atoms with Crippen LogP contribution >= 0.6 is 11.8 Å². The number of fused-ring (bicyclic) bond motifs is 1. The van der Waals surface area contributed by atoms with E-state index < -0.39 is 39.0 Å². The number of benzene rings is 1. The molecule has 216 valence electrons. The first kappa shape index (κ1) is 29.9. The Balaban J connectivity index is 1.74. The van der Waals surface area contributed by atoms with Gasteiger partial charge in [0, 0.05) is 16.0 Å². The van der Waals surface area contributed by atoms with Crippen molar-refractivity contribution in [2.45, 2.75) is 108 Å². The third-order valence-corrected chi connectivity index (χ3v) is 10.6. The summed E-state index contributed by atoms with van der Waals surface area (Å²) in [5.41, 5.74) is 0.213. The molecule has 3 fully saturated rings. The van der Waals surface area contributed by atoms with Crippen LogP contribution in [0.2, 0.25) is 0 Å². The lowest BCUT2D eigenvalue weighted by Gasteiger charge is -2.40. The van der Waals surface area contributed by atoms with Crippen molar-refractivity contribution < 1.29 is 19.5 Å². The van der Waals surface area contributed by atoms with Crippen LogP contribution in [0.15, 0.2) is 30.3 Å². The molecule has 1 aromatic rings. The summed E-state index contributed by atoms with van der Waals surface area (Å²) in [5.74, 6) is -1.48. The van der Waals surface area contributed by atoms with E-state index in [9.17, 15) is 19.5 Å². The SMILES string of the molecule is CC(C)C[C@H](CO)N1C(=O)[C@@H]2[C@@H](C(=O)Nc3ccccc3)[C@@]3(C)CCC2(S3)C1C(=O)NC(C)(C)CC(C)(C)C. The van der Waals surface area contributed by atoms with Crippen molar-refractivity contribution in [3.8, 4) is 0 Å². The third kappa shape index (κ3) is 5.61. The van der Waals surface area contributed by atoms with Gasteiger partial charge >= 0.3 is 0 Å². The minimum Gasteiger partial charge on any atom is -0.394 e. The lowest BCUT2D eigenvalue weighted by Crippen LogP contribution is -2.60. The number of nitrogens with one attached hydrogen (secondary N) is 2. The highest BCUT2D eigenvalue weighted by Gasteiger charge is 2.77. The molecule has 3 N–H and O–H groups in total. The van der Waals surface area contributed by atoms with Gasteiger partial charge < -0.3 is 20.6 Å². The van der Waals surface area contributed by atoms with E-state index in [1.807, 2.05) is 44.2 Å². The summed E-state index contributed by atoms with van der Waals surface area (Å²) < 4.78 is -1.16. The second-order valence-corrected chi connectivity index (χ2v) is 16.3. The first-order valence-electron chi connectivity index (χ1n) is 14.3. The van der Waals surface area contributed by atoms with Crippen LogP contribution in [0.1, 0.15) is 81.1 Å². The normalized spacial score (nSPS) is 31.0. The molecule has 0 aromatic heterocycles. The number of para-hydroxylation sites is 1. The Bertz CT molecular complexity index is 1100. The standard InChI is InChI=1S/C31H47N3O4S/c1-19(2)16-21(17-35)34-24(26(37)33-29(6,7)18-28(3,4)5)31-15-14-30(8,39-31)22(23(31)27(34)38)25(36)32-20-12-10-9-11-13-20/h9-13,19,21-24,35H,14-18H2,1-8H3,(H,32,36)(H,33,37)/t21-,22+,23+,24?,30-,31?/m1/s1. The van der Waals surface area contributed by atoms with E-state index in [1.165, 1.54) is 0 Å². The number of carbonyl (C=O) groups is 3. The number of nitrogens with zero attached hydrogens (tertiary/aromatic N) is 1. The van der Waals surface area contributed by atoms with E-state index >= 15 is 0 Å². The fraction of sp³-hybridized carbons (Fsp3) is 0.710. The van der Waals surface area contributed by atoms with Crippen LogP contribution in [0.25, 0.3) is 0 Å². The lowest BCUT2D eigenvalue weighted by atomic mass is 9.66. The number of aliphatic hydroxyl groups is 1. The van der Waals surface area contributed by atoms with Gasteiger partial charge in [0.1, 0.15) is 6.04 Å². The Morgan fingerprint density at radius 3 is 2.31 bits per heavy atom. The first-order valence-corrected chi connectivity index (χ1v) is 15.2. The number of carbonyl (C=O) groups excluding carboxylic acids is 3. The zero-order valence-corrected chi connectivity index (χ0v) is 25.7. The van der Waals surface area contributed by atoms with E-state index in [4.69, 9.17) is 0 Å². The van der Waals surface area contributed by atoms with Gasteiger partial charge in [-0.3, -0.25) is 14.4 Å². The van der Waals surface area contributed by atoms with Gasteiger partial charge in [-0.25, -0.2) is 0 Å². The summed E-state index contributed by atoms with van der Waals surface area (Å²) in [7, 11) is 0. The molecule has 1 spiro atoms. The molecule has 0 radical (unpaired) electrons. The Hall–Kier alpha value is -2.06.